The molecule has 1 aliphatic heterocycles. The summed E-state index contributed by atoms with van der Waals surface area (Å²) in [5, 5.41) is 0.709. The van der Waals surface area contributed by atoms with Gasteiger partial charge in [-0.1, -0.05) is 23.2 Å². The van der Waals surface area contributed by atoms with E-state index in [1.807, 2.05) is 6.92 Å². The molecule has 1 amide bonds. The molecule has 1 aliphatic rings. The molecule has 6 nitrogen and oxygen atoms in total. The lowest BCUT2D eigenvalue weighted by atomic mass is 10.2. The van der Waals surface area contributed by atoms with Gasteiger partial charge in [-0.2, -0.15) is 4.98 Å². The van der Waals surface area contributed by atoms with Gasteiger partial charge in [0.15, 0.2) is 0 Å². The van der Waals surface area contributed by atoms with Crippen LogP contribution >= 0.6 is 23.2 Å². The Hall–Kier alpha value is -1.92. The average Bonchev–Trinajstić information content (AvgIpc) is 2.70. The number of aryl methyl sites for hydroxylation is 1. The maximum absolute atomic E-state index is 12.2. The summed E-state index contributed by atoms with van der Waals surface area (Å²) in [6, 6.07) is 1.80. The average molecular weight is 324 g/mol. The monoisotopic (exact) mass is 323 g/mol. The summed E-state index contributed by atoms with van der Waals surface area (Å²) in [7, 11) is 0. The third-order valence-corrected chi connectivity index (χ3v) is 3.84. The number of hydrogen-bond acceptors (Lipinski definition) is 5. The lowest BCUT2D eigenvalue weighted by Crippen LogP contribution is -2.27. The van der Waals surface area contributed by atoms with Crippen LogP contribution in [0.2, 0.25) is 10.2 Å². The molecule has 8 heteroatoms. The minimum atomic E-state index is -0.134. The van der Waals surface area contributed by atoms with E-state index in [4.69, 9.17) is 28.9 Å². The SMILES string of the molecule is Cc1cnc(CN2C(=O)Cc3c(Cl)nc(N)nc32)c(Cl)c1. The number of nitrogens with zero attached hydrogens (tertiary/aromatic N) is 4. The van der Waals surface area contributed by atoms with Gasteiger partial charge in [-0.15, -0.1) is 0 Å². The molecule has 2 aromatic heterocycles. The molecule has 0 fully saturated rings. The third-order valence-electron chi connectivity index (χ3n) is 3.20. The van der Waals surface area contributed by atoms with Crippen molar-refractivity contribution in [1.82, 2.24) is 15.0 Å². The molecule has 2 N–H and O–H groups in total. The fourth-order valence-electron chi connectivity index (χ4n) is 2.19. The second kappa shape index (κ2) is 5.13. The van der Waals surface area contributed by atoms with E-state index in [-0.39, 0.29) is 30.0 Å². The third kappa shape index (κ3) is 2.52. The summed E-state index contributed by atoms with van der Waals surface area (Å²) in [5.41, 5.74) is 7.72. The summed E-state index contributed by atoms with van der Waals surface area (Å²) in [4.78, 5) is 25.9. The first-order valence-electron chi connectivity index (χ1n) is 6.19. The molecule has 0 aliphatic carbocycles. The van der Waals surface area contributed by atoms with Crippen molar-refractivity contribution in [3.8, 4) is 0 Å². The Morgan fingerprint density at radius 2 is 2.14 bits per heavy atom. The van der Waals surface area contributed by atoms with Gasteiger partial charge in [0.2, 0.25) is 11.9 Å². The highest BCUT2D eigenvalue weighted by Crippen LogP contribution is 2.33. The summed E-state index contributed by atoms with van der Waals surface area (Å²) < 4.78 is 0. The number of carbonyl (C=O) groups excluding carboxylic acids is 1. The maximum Gasteiger partial charge on any atom is 0.233 e. The van der Waals surface area contributed by atoms with Crippen molar-refractivity contribution in [2.75, 3.05) is 10.6 Å². The predicted molar refractivity (Wildman–Crippen MR) is 80.3 cm³/mol. The standard InChI is InChI=1S/C13H11Cl2N5O/c1-6-2-8(14)9(17-4-6)5-20-10(21)3-7-11(15)18-13(16)19-12(7)20/h2,4H,3,5H2,1H3,(H2,16,18,19). The number of pyridine rings is 1. The molecule has 0 bridgehead atoms. The van der Waals surface area contributed by atoms with Crippen LogP contribution in [0.5, 0.6) is 0 Å². The fraction of sp³-hybridized carbons (Fsp3) is 0.231. The Labute approximate surface area is 130 Å². The topological polar surface area (TPSA) is 85.0 Å². The Morgan fingerprint density at radius 1 is 1.38 bits per heavy atom. The zero-order valence-corrected chi connectivity index (χ0v) is 12.6. The van der Waals surface area contributed by atoms with Crippen molar-refractivity contribution in [3.05, 3.63) is 39.3 Å². The summed E-state index contributed by atoms with van der Waals surface area (Å²) in [5.74, 6) is 0.322. The van der Waals surface area contributed by atoms with Crippen molar-refractivity contribution in [2.45, 2.75) is 19.9 Å². The number of rotatable bonds is 2. The minimum absolute atomic E-state index is 0.0291. The number of amides is 1. The summed E-state index contributed by atoms with van der Waals surface area (Å²) in [6.45, 7) is 2.12. The van der Waals surface area contributed by atoms with Crippen LogP contribution in [0.1, 0.15) is 16.8 Å². The number of halogens is 2. The van der Waals surface area contributed by atoms with E-state index in [1.54, 1.807) is 12.3 Å². The number of hydrogen-bond donors (Lipinski definition) is 1. The smallest absolute Gasteiger partial charge is 0.233 e. The highest BCUT2D eigenvalue weighted by molar-refractivity contribution is 6.32. The van der Waals surface area contributed by atoms with E-state index in [1.165, 1.54) is 4.90 Å². The molecule has 0 unspecified atom stereocenters. The van der Waals surface area contributed by atoms with E-state index in [0.717, 1.165) is 5.56 Å². The molecular formula is C13H11Cl2N5O. The van der Waals surface area contributed by atoms with E-state index in [9.17, 15) is 4.79 Å². The second-order valence-electron chi connectivity index (χ2n) is 4.77. The van der Waals surface area contributed by atoms with Gasteiger partial charge < -0.3 is 5.73 Å². The van der Waals surface area contributed by atoms with Gasteiger partial charge in [0.05, 0.1) is 23.7 Å². The molecular weight excluding hydrogens is 313 g/mol. The van der Waals surface area contributed by atoms with E-state index in [0.29, 0.717) is 22.1 Å². The molecule has 2 aromatic rings. The molecule has 3 rings (SSSR count). The number of nitrogen functional groups attached to an aromatic ring is 1. The lowest BCUT2D eigenvalue weighted by molar-refractivity contribution is -0.117. The van der Waals surface area contributed by atoms with Gasteiger partial charge in [-0.25, -0.2) is 4.98 Å². The van der Waals surface area contributed by atoms with E-state index >= 15 is 0 Å². The molecule has 0 saturated heterocycles. The fourth-order valence-corrected chi connectivity index (χ4v) is 2.71. The first kappa shape index (κ1) is 14.0. The van der Waals surface area contributed by atoms with Gasteiger partial charge in [0.1, 0.15) is 11.0 Å². The van der Waals surface area contributed by atoms with Crippen LogP contribution in [0, 0.1) is 6.92 Å². The molecule has 0 saturated carbocycles. The number of aromatic nitrogens is 3. The Morgan fingerprint density at radius 3 is 2.86 bits per heavy atom. The number of nitrogens with two attached hydrogens (primary N) is 1. The van der Waals surface area contributed by atoms with Crippen LogP contribution in [0.3, 0.4) is 0 Å². The zero-order chi connectivity index (χ0) is 15.1. The Kier molecular flexibility index (Phi) is 3.43. The van der Waals surface area contributed by atoms with Gasteiger partial charge in [0, 0.05) is 11.8 Å². The van der Waals surface area contributed by atoms with E-state index < -0.39 is 0 Å². The predicted octanol–water partition coefficient (Wildman–Crippen LogP) is 2.16. The van der Waals surface area contributed by atoms with Gasteiger partial charge in [-0.3, -0.25) is 14.7 Å². The minimum Gasteiger partial charge on any atom is -0.368 e. The maximum atomic E-state index is 12.2. The largest absolute Gasteiger partial charge is 0.368 e. The van der Waals surface area contributed by atoms with Crippen molar-refractivity contribution < 1.29 is 4.79 Å². The normalized spacial score (nSPS) is 13.7. The van der Waals surface area contributed by atoms with Gasteiger partial charge in [0.25, 0.3) is 0 Å². The van der Waals surface area contributed by atoms with Crippen LogP contribution in [-0.4, -0.2) is 20.9 Å². The van der Waals surface area contributed by atoms with Crippen molar-refractivity contribution in [2.24, 2.45) is 0 Å². The number of anilines is 2. The van der Waals surface area contributed by atoms with Gasteiger partial charge in [-0.05, 0) is 18.6 Å². The molecule has 0 radical (unpaired) electrons. The van der Waals surface area contributed by atoms with Crippen LogP contribution in [0.25, 0.3) is 0 Å². The Bertz CT molecular complexity index is 750. The highest BCUT2D eigenvalue weighted by Gasteiger charge is 2.32. The summed E-state index contributed by atoms with van der Waals surface area (Å²) in [6.07, 6.45) is 1.85. The number of fused-ring (bicyclic) bond motifs is 1. The molecule has 21 heavy (non-hydrogen) atoms. The van der Waals surface area contributed by atoms with Crippen LogP contribution in [0.4, 0.5) is 11.8 Å². The first-order valence-corrected chi connectivity index (χ1v) is 6.94. The van der Waals surface area contributed by atoms with Crippen LogP contribution < -0.4 is 10.6 Å². The molecule has 108 valence electrons. The second-order valence-corrected chi connectivity index (χ2v) is 5.54. The molecule has 3 heterocycles. The van der Waals surface area contributed by atoms with E-state index in [2.05, 4.69) is 15.0 Å². The lowest BCUT2D eigenvalue weighted by Gasteiger charge is -2.17. The highest BCUT2D eigenvalue weighted by atomic mass is 35.5. The number of carbonyl (C=O) groups is 1. The summed E-state index contributed by atoms with van der Waals surface area (Å²) >= 11 is 12.2. The van der Waals surface area contributed by atoms with Crippen molar-refractivity contribution in [1.29, 1.82) is 0 Å². The van der Waals surface area contributed by atoms with Crippen molar-refractivity contribution >= 4 is 40.9 Å². The molecule has 0 atom stereocenters. The van der Waals surface area contributed by atoms with Crippen LogP contribution in [0.15, 0.2) is 12.3 Å². The first-order chi connectivity index (χ1) is 9.95. The quantitative estimate of drug-likeness (QED) is 0.856. The Balaban J connectivity index is 1.99. The van der Waals surface area contributed by atoms with Crippen LogP contribution in [-0.2, 0) is 17.8 Å². The van der Waals surface area contributed by atoms with Crippen molar-refractivity contribution in [3.63, 3.8) is 0 Å². The zero-order valence-electron chi connectivity index (χ0n) is 11.1. The van der Waals surface area contributed by atoms with Gasteiger partial charge >= 0.3 is 0 Å². The molecule has 0 spiro atoms. The molecule has 0 aromatic carbocycles.